The highest BCUT2D eigenvalue weighted by Gasteiger charge is 2.19. The summed E-state index contributed by atoms with van der Waals surface area (Å²) in [6.07, 6.45) is 7.08. The zero-order valence-corrected chi connectivity index (χ0v) is 13.5. The Morgan fingerprint density at radius 1 is 1.35 bits per heavy atom. The Bertz CT molecular complexity index is 508. The lowest BCUT2D eigenvalue weighted by Gasteiger charge is -2.13. The summed E-state index contributed by atoms with van der Waals surface area (Å²) in [6, 6.07) is 1.59. The summed E-state index contributed by atoms with van der Waals surface area (Å²) in [5.41, 5.74) is 6.37. The number of nitrogens with zero attached hydrogens (tertiary/aromatic N) is 1. The van der Waals surface area contributed by atoms with Crippen molar-refractivity contribution < 1.29 is 8.42 Å². The molecule has 0 aliphatic heterocycles. The molecule has 116 valence electrons. The fourth-order valence-corrected chi connectivity index (χ4v) is 3.57. The smallest absolute Gasteiger partial charge is 0.242 e. The average molecular weight is 301 g/mol. The van der Waals surface area contributed by atoms with Gasteiger partial charge in [0.05, 0.1) is 4.90 Å². The number of nitrogens with two attached hydrogens (primary N) is 1. The maximum absolute atomic E-state index is 12.2. The molecule has 1 unspecified atom stereocenters. The van der Waals surface area contributed by atoms with Gasteiger partial charge in [0.1, 0.15) is 0 Å². The van der Waals surface area contributed by atoms with Gasteiger partial charge in [-0.3, -0.25) is 0 Å². The van der Waals surface area contributed by atoms with E-state index in [4.69, 9.17) is 5.73 Å². The van der Waals surface area contributed by atoms with Gasteiger partial charge in [-0.05, 0) is 19.4 Å². The topological polar surface area (TPSA) is 77.1 Å². The number of sulfonamides is 1. The highest BCUT2D eigenvalue weighted by Crippen LogP contribution is 2.14. The summed E-state index contributed by atoms with van der Waals surface area (Å²) in [5, 5.41) is 0. The van der Waals surface area contributed by atoms with Crippen molar-refractivity contribution in [1.29, 1.82) is 0 Å². The third-order valence-corrected chi connectivity index (χ3v) is 5.01. The molecule has 1 atom stereocenters. The number of unbranched alkanes of at least 4 members (excludes halogenated alkanes) is 3. The standard InChI is InChI=1S/C14H27N3O2S/c1-4-5-6-7-8-12(2)16-20(18,19)14-9-13(10-15)17(3)11-14/h9,11-12,16H,4-8,10,15H2,1-3H3. The van der Waals surface area contributed by atoms with Crippen LogP contribution in [0, 0.1) is 0 Å². The molecule has 0 fully saturated rings. The van der Waals surface area contributed by atoms with Crippen LogP contribution in [0.5, 0.6) is 0 Å². The first kappa shape index (κ1) is 17.2. The van der Waals surface area contributed by atoms with Crippen molar-refractivity contribution in [2.75, 3.05) is 0 Å². The van der Waals surface area contributed by atoms with E-state index in [1.54, 1.807) is 23.9 Å². The van der Waals surface area contributed by atoms with E-state index in [1.807, 2.05) is 6.92 Å². The molecule has 1 heterocycles. The first-order chi connectivity index (χ1) is 9.40. The molecule has 0 aliphatic rings. The SMILES string of the molecule is CCCCCCC(C)NS(=O)(=O)c1cc(CN)n(C)c1. The minimum atomic E-state index is -3.44. The minimum absolute atomic E-state index is 0.0432. The molecule has 0 saturated heterocycles. The Hall–Kier alpha value is -0.850. The van der Waals surface area contributed by atoms with Crippen molar-refractivity contribution in [1.82, 2.24) is 9.29 Å². The zero-order valence-electron chi connectivity index (χ0n) is 12.7. The molecule has 6 heteroatoms. The molecule has 0 saturated carbocycles. The van der Waals surface area contributed by atoms with E-state index in [1.165, 1.54) is 12.8 Å². The average Bonchev–Trinajstić information content (AvgIpc) is 2.76. The van der Waals surface area contributed by atoms with Crippen LogP contribution in [-0.2, 0) is 23.6 Å². The van der Waals surface area contributed by atoms with E-state index in [-0.39, 0.29) is 6.04 Å². The predicted molar refractivity (Wildman–Crippen MR) is 81.8 cm³/mol. The lowest BCUT2D eigenvalue weighted by molar-refractivity contribution is 0.522. The van der Waals surface area contributed by atoms with Crippen LogP contribution in [0.25, 0.3) is 0 Å². The number of rotatable bonds is 9. The van der Waals surface area contributed by atoms with Gasteiger partial charge in [-0.25, -0.2) is 13.1 Å². The molecule has 1 rings (SSSR count). The Kier molecular flexibility index (Phi) is 6.71. The van der Waals surface area contributed by atoms with Crippen LogP contribution in [-0.4, -0.2) is 19.0 Å². The molecule has 5 nitrogen and oxygen atoms in total. The lowest BCUT2D eigenvalue weighted by Crippen LogP contribution is -2.32. The molecule has 0 aliphatic carbocycles. The number of aryl methyl sites for hydroxylation is 1. The molecule has 0 amide bonds. The number of aromatic nitrogens is 1. The summed E-state index contributed by atoms with van der Waals surface area (Å²) < 4.78 is 29.0. The zero-order chi connectivity index (χ0) is 15.2. The van der Waals surface area contributed by atoms with Gasteiger partial charge < -0.3 is 10.3 Å². The van der Waals surface area contributed by atoms with Gasteiger partial charge in [0.25, 0.3) is 0 Å². The minimum Gasteiger partial charge on any atom is -0.352 e. The second kappa shape index (κ2) is 7.81. The van der Waals surface area contributed by atoms with E-state index < -0.39 is 10.0 Å². The fraction of sp³-hybridized carbons (Fsp3) is 0.714. The highest BCUT2D eigenvalue weighted by molar-refractivity contribution is 7.89. The molecular formula is C14H27N3O2S. The second-order valence-electron chi connectivity index (χ2n) is 5.35. The Morgan fingerprint density at radius 2 is 2.05 bits per heavy atom. The van der Waals surface area contributed by atoms with Gasteiger partial charge in [0, 0.05) is 31.5 Å². The Morgan fingerprint density at radius 3 is 2.60 bits per heavy atom. The lowest BCUT2D eigenvalue weighted by atomic mass is 10.1. The molecule has 0 radical (unpaired) electrons. The normalized spacial score (nSPS) is 13.6. The van der Waals surface area contributed by atoms with Gasteiger partial charge >= 0.3 is 0 Å². The van der Waals surface area contributed by atoms with Crippen molar-refractivity contribution in [2.45, 2.75) is 63.4 Å². The Labute approximate surface area is 122 Å². The Balaban J connectivity index is 2.60. The van der Waals surface area contributed by atoms with Crippen LogP contribution in [0.3, 0.4) is 0 Å². The maximum Gasteiger partial charge on any atom is 0.242 e. The van der Waals surface area contributed by atoms with E-state index >= 15 is 0 Å². The quantitative estimate of drug-likeness (QED) is 0.686. The molecule has 3 N–H and O–H groups in total. The van der Waals surface area contributed by atoms with Crippen molar-refractivity contribution in [3.8, 4) is 0 Å². The van der Waals surface area contributed by atoms with E-state index in [9.17, 15) is 8.42 Å². The third-order valence-electron chi connectivity index (χ3n) is 3.45. The van der Waals surface area contributed by atoms with Crippen LogP contribution < -0.4 is 10.5 Å². The van der Waals surface area contributed by atoms with Crippen LogP contribution in [0.15, 0.2) is 17.2 Å². The summed E-state index contributed by atoms with van der Waals surface area (Å²) >= 11 is 0. The van der Waals surface area contributed by atoms with Gasteiger partial charge in [-0.2, -0.15) is 0 Å². The summed E-state index contributed by atoms with van der Waals surface area (Å²) in [4.78, 5) is 0.292. The third kappa shape index (κ3) is 4.92. The van der Waals surface area contributed by atoms with E-state index in [0.717, 1.165) is 25.0 Å². The summed E-state index contributed by atoms with van der Waals surface area (Å²) in [7, 11) is -1.64. The van der Waals surface area contributed by atoms with Gasteiger partial charge in [0.2, 0.25) is 10.0 Å². The molecule has 0 spiro atoms. The van der Waals surface area contributed by atoms with Crippen LogP contribution >= 0.6 is 0 Å². The van der Waals surface area contributed by atoms with Crippen molar-refractivity contribution in [2.24, 2.45) is 12.8 Å². The fourth-order valence-electron chi connectivity index (χ4n) is 2.20. The molecule has 1 aromatic heterocycles. The molecule has 0 bridgehead atoms. The molecule has 20 heavy (non-hydrogen) atoms. The van der Waals surface area contributed by atoms with Gasteiger partial charge in [0.15, 0.2) is 0 Å². The van der Waals surface area contributed by atoms with Crippen LogP contribution in [0.4, 0.5) is 0 Å². The van der Waals surface area contributed by atoms with Gasteiger partial charge in [-0.1, -0.05) is 32.6 Å². The van der Waals surface area contributed by atoms with E-state index in [2.05, 4.69) is 11.6 Å². The van der Waals surface area contributed by atoms with Gasteiger partial charge in [-0.15, -0.1) is 0 Å². The summed E-state index contributed by atoms with van der Waals surface area (Å²) in [6.45, 7) is 4.41. The largest absolute Gasteiger partial charge is 0.352 e. The van der Waals surface area contributed by atoms with Crippen molar-refractivity contribution in [3.05, 3.63) is 18.0 Å². The van der Waals surface area contributed by atoms with Crippen molar-refractivity contribution >= 4 is 10.0 Å². The summed E-state index contributed by atoms with van der Waals surface area (Å²) in [5.74, 6) is 0. The molecular weight excluding hydrogens is 274 g/mol. The number of nitrogens with one attached hydrogen (secondary N) is 1. The number of hydrogen-bond donors (Lipinski definition) is 2. The number of hydrogen-bond acceptors (Lipinski definition) is 3. The first-order valence-corrected chi connectivity index (χ1v) is 8.76. The monoisotopic (exact) mass is 301 g/mol. The molecule has 1 aromatic rings. The highest BCUT2D eigenvalue weighted by atomic mass is 32.2. The predicted octanol–water partition coefficient (Wildman–Crippen LogP) is 2.12. The van der Waals surface area contributed by atoms with Crippen LogP contribution in [0.2, 0.25) is 0 Å². The van der Waals surface area contributed by atoms with Crippen molar-refractivity contribution in [3.63, 3.8) is 0 Å². The maximum atomic E-state index is 12.2. The van der Waals surface area contributed by atoms with E-state index in [0.29, 0.717) is 11.4 Å². The second-order valence-corrected chi connectivity index (χ2v) is 7.07. The molecule has 0 aromatic carbocycles. The van der Waals surface area contributed by atoms with Crippen LogP contribution in [0.1, 0.15) is 51.6 Å². The first-order valence-electron chi connectivity index (χ1n) is 7.28.